The molecule has 2 rings (SSSR count). The Kier molecular flexibility index (Phi) is 3.15. The third kappa shape index (κ3) is 3.03. The van der Waals surface area contributed by atoms with Gasteiger partial charge in [-0.3, -0.25) is 0 Å². The normalized spacial score (nSPS) is 14.1. The number of benzene rings is 1. The van der Waals surface area contributed by atoms with Crippen LogP contribution < -0.4 is 14.8 Å². The van der Waals surface area contributed by atoms with E-state index in [0.717, 1.165) is 11.1 Å². The molecule has 3 nitrogen and oxygen atoms in total. The van der Waals surface area contributed by atoms with Crippen molar-refractivity contribution in [3.63, 3.8) is 0 Å². The molecular formula is C11H12F3NO2. The van der Waals surface area contributed by atoms with Gasteiger partial charge in [0, 0.05) is 6.54 Å². The van der Waals surface area contributed by atoms with Gasteiger partial charge in [0.2, 0.25) is 6.79 Å². The monoisotopic (exact) mass is 247 g/mol. The Balaban J connectivity index is 2.02. The van der Waals surface area contributed by atoms with Gasteiger partial charge in [-0.25, -0.2) is 0 Å². The van der Waals surface area contributed by atoms with Crippen molar-refractivity contribution in [3.05, 3.63) is 23.3 Å². The summed E-state index contributed by atoms with van der Waals surface area (Å²) in [7, 11) is 0. The molecule has 0 atom stereocenters. The molecule has 0 aliphatic carbocycles. The number of nitrogens with one attached hydrogen (secondary N) is 1. The van der Waals surface area contributed by atoms with E-state index in [4.69, 9.17) is 9.47 Å². The molecule has 0 spiro atoms. The molecule has 6 heteroatoms. The zero-order valence-corrected chi connectivity index (χ0v) is 9.23. The highest BCUT2D eigenvalue weighted by Gasteiger charge is 2.26. The molecule has 1 N–H and O–H groups in total. The number of halogens is 3. The molecule has 1 aliphatic heterocycles. The van der Waals surface area contributed by atoms with Crippen molar-refractivity contribution in [1.29, 1.82) is 0 Å². The van der Waals surface area contributed by atoms with Gasteiger partial charge in [0.1, 0.15) is 0 Å². The molecular weight excluding hydrogens is 235 g/mol. The number of aryl methyl sites for hydroxylation is 1. The van der Waals surface area contributed by atoms with Crippen molar-refractivity contribution >= 4 is 0 Å². The second kappa shape index (κ2) is 4.44. The lowest BCUT2D eigenvalue weighted by Crippen LogP contribution is -2.28. The second-order valence-electron chi connectivity index (χ2n) is 3.85. The van der Waals surface area contributed by atoms with Crippen molar-refractivity contribution in [2.45, 2.75) is 19.6 Å². The summed E-state index contributed by atoms with van der Waals surface area (Å²) in [5, 5.41) is 2.35. The number of rotatable bonds is 3. The molecule has 17 heavy (non-hydrogen) atoms. The largest absolute Gasteiger partial charge is 0.454 e. The van der Waals surface area contributed by atoms with Gasteiger partial charge in [-0.2, -0.15) is 13.2 Å². The van der Waals surface area contributed by atoms with Crippen LogP contribution in [0.2, 0.25) is 0 Å². The number of hydrogen-bond acceptors (Lipinski definition) is 3. The highest BCUT2D eigenvalue weighted by atomic mass is 19.4. The first-order valence-electron chi connectivity index (χ1n) is 5.12. The van der Waals surface area contributed by atoms with E-state index in [1.54, 1.807) is 12.1 Å². The molecule has 0 bridgehead atoms. The Morgan fingerprint density at radius 3 is 2.53 bits per heavy atom. The van der Waals surface area contributed by atoms with Crippen LogP contribution in [-0.2, 0) is 6.54 Å². The van der Waals surface area contributed by atoms with Crippen LogP contribution in [-0.4, -0.2) is 19.5 Å². The van der Waals surface area contributed by atoms with E-state index < -0.39 is 12.7 Å². The first-order chi connectivity index (χ1) is 7.96. The van der Waals surface area contributed by atoms with Crippen LogP contribution in [0, 0.1) is 6.92 Å². The lowest BCUT2D eigenvalue weighted by Gasteiger charge is -2.10. The molecule has 1 aromatic rings. The summed E-state index contributed by atoms with van der Waals surface area (Å²) < 4.78 is 46.3. The third-order valence-corrected chi connectivity index (χ3v) is 2.47. The van der Waals surface area contributed by atoms with E-state index in [9.17, 15) is 13.2 Å². The fourth-order valence-corrected chi connectivity index (χ4v) is 1.62. The Morgan fingerprint density at radius 1 is 1.24 bits per heavy atom. The van der Waals surface area contributed by atoms with Gasteiger partial charge in [0.15, 0.2) is 11.5 Å². The highest BCUT2D eigenvalue weighted by molar-refractivity contribution is 5.48. The van der Waals surface area contributed by atoms with Crippen molar-refractivity contribution in [2.75, 3.05) is 13.3 Å². The predicted octanol–water partition coefficient (Wildman–Crippen LogP) is 2.38. The number of hydrogen-bond donors (Lipinski definition) is 1. The lowest BCUT2D eigenvalue weighted by atomic mass is 10.1. The van der Waals surface area contributed by atoms with Crippen LogP contribution in [0.25, 0.3) is 0 Å². The minimum absolute atomic E-state index is 0.155. The Morgan fingerprint density at radius 2 is 1.88 bits per heavy atom. The van der Waals surface area contributed by atoms with Gasteiger partial charge < -0.3 is 14.8 Å². The third-order valence-electron chi connectivity index (χ3n) is 2.47. The first kappa shape index (κ1) is 12.0. The highest BCUT2D eigenvalue weighted by Crippen LogP contribution is 2.34. The van der Waals surface area contributed by atoms with Crippen LogP contribution in [0.5, 0.6) is 11.5 Å². The molecule has 1 aliphatic rings. The molecule has 0 aromatic heterocycles. The standard InChI is InChI=1S/C11H12F3NO2/c1-7-2-9-10(17-6-16-9)3-8(7)4-15-5-11(12,13)14/h2-3,15H,4-6H2,1H3. The van der Waals surface area contributed by atoms with Gasteiger partial charge in [0.05, 0.1) is 6.54 Å². The van der Waals surface area contributed by atoms with Crippen molar-refractivity contribution in [1.82, 2.24) is 5.32 Å². The van der Waals surface area contributed by atoms with Crippen LogP contribution in [0.15, 0.2) is 12.1 Å². The lowest BCUT2D eigenvalue weighted by molar-refractivity contribution is -0.125. The van der Waals surface area contributed by atoms with Crippen molar-refractivity contribution in [3.8, 4) is 11.5 Å². The SMILES string of the molecule is Cc1cc2c(cc1CNCC(F)(F)F)OCO2. The zero-order valence-electron chi connectivity index (χ0n) is 9.23. The van der Waals surface area contributed by atoms with Gasteiger partial charge in [0.25, 0.3) is 0 Å². The average Bonchev–Trinajstić information content (AvgIpc) is 2.63. The molecule has 94 valence electrons. The quantitative estimate of drug-likeness (QED) is 0.889. The minimum atomic E-state index is -4.19. The molecule has 0 amide bonds. The van der Waals surface area contributed by atoms with Gasteiger partial charge >= 0.3 is 6.18 Å². The Hall–Kier alpha value is -1.43. The number of ether oxygens (including phenoxy) is 2. The van der Waals surface area contributed by atoms with E-state index in [2.05, 4.69) is 5.32 Å². The van der Waals surface area contributed by atoms with Gasteiger partial charge in [-0.1, -0.05) is 0 Å². The molecule has 0 saturated carbocycles. The fraction of sp³-hybridized carbons (Fsp3) is 0.455. The summed E-state index contributed by atoms with van der Waals surface area (Å²) in [5.41, 5.74) is 1.66. The van der Waals surface area contributed by atoms with Crippen molar-refractivity contribution in [2.24, 2.45) is 0 Å². The van der Waals surface area contributed by atoms with E-state index in [-0.39, 0.29) is 13.3 Å². The van der Waals surface area contributed by atoms with Crippen LogP contribution in [0.4, 0.5) is 13.2 Å². The zero-order chi connectivity index (χ0) is 12.5. The summed E-state index contributed by atoms with van der Waals surface area (Å²) in [5.74, 6) is 1.22. The molecule has 1 heterocycles. The molecule has 0 saturated heterocycles. The predicted molar refractivity (Wildman–Crippen MR) is 55.1 cm³/mol. The minimum Gasteiger partial charge on any atom is -0.454 e. The summed E-state index contributed by atoms with van der Waals surface area (Å²) >= 11 is 0. The summed E-state index contributed by atoms with van der Waals surface area (Å²) in [6.45, 7) is 1.14. The maximum atomic E-state index is 12.0. The smallest absolute Gasteiger partial charge is 0.401 e. The van der Waals surface area contributed by atoms with Crippen LogP contribution >= 0.6 is 0 Å². The van der Waals surface area contributed by atoms with E-state index in [1.807, 2.05) is 6.92 Å². The maximum Gasteiger partial charge on any atom is 0.401 e. The van der Waals surface area contributed by atoms with Crippen LogP contribution in [0.1, 0.15) is 11.1 Å². The van der Waals surface area contributed by atoms with E-state index in [1.165, 1.54) is 0 Å². The van der Waals surface area contributed by atoms with Crippen molar-refractivity contribution < 1.29 is 22.6 Å². The fourth-order valence-electron chi connectivity index (χ4n) is 1.62. The molecule has 0 fully saturated rings. The Labute approximate surface area is 96.5 Å². The van der Waals surface area contributed by atoms with Gasteiger partial charge in [-0.05, 0) is 30.2 Å². The van der Waals surface area contributed by atoms with Crippen LogP contribution in [0.3, 0.4) is 0 Å². The first-order valence-corrected chi connectivity index (χ1v) is 5.12. The average molecular weight is 247 g/mol. The summed E-state index contributed by atoms with van der Waals surface area (Å²) in [4.78, 5) is 0. The summed E-state index contributed by atoms with van der Waals surface area (Å²) in [6, 6.07) is 3.48. The number of fused-ring (bicyclic) bond motifs is 1. The van der Waals surface area contributed by atoms with E-state index in [0.29, 0.717) is 11.5 Å². The summed E-state index contributed by atoms with van der Waals surface area (Å²) in [6.07, 6.45) is -4.19. The second-order valence-corrected chi connectivity index (χ2v) is 3.85. The molecule has 0 radical (unpaired) electrons. The maximum absolute atomic E-state index is 12.0. The molecule has 1 aromatic carbocycles. The topological polar surface area (TPSA) is 30.5 Å². The molecule has 0 unspecified atom stereocenters. The Bertz CT molecular complexity index is 418. The van der Waals surface area contributed by atoms with Gasteiger partial charge in [-0.15, -0.1) is 0 Å². The van der Waals surface area contributed by atoms with E-state index >= 15 is 0 Å². The number of alkyl halides is 3.